The highest BCUT2D eigenvalue weighted by molar-refractivity contribution is 6.44. The molecule has 0 saturated heterocycles. The fraction of sp³-hybridized carbons (Fsp3) is 0.235. The van der Waals surface area contributed by atoms with E-state index < -0.39 is 6.10 Å². The molecule has 0 aliphatic rings. The lowest BCUT2D eigenvalue weighted by Crippen LogP contribution is -2.30. The summed E-state index contributed by atoms with van der Waals surface area (Å²) in [5.41, 5.74) is 2.33. The zero-order chi connectivity index (χ0) is 17.1. The normalized spacial score (nSPS) is 11.9. The van der Waals surface area contributed by atoms with Crippen molar-refractivity contribution in [1.82, 2.24) is 0 Å². The molecule has 23 heavy (non-hydrogen) atoms. The summed E-state index contributed by atoms with van der Waals surface area (Å²) in [7, 11) is 0. The van der Waals surface area contributed by atoms with Crippen LogP contribution in [0.25, 0.3) is 0 Å². The Hall–Kier alpha value is -1.42. The number of nitrogens with one attached hydrogen (secondary N) is 1. The van der Waals surface area contributed by atoms with E-state index in [4.69, 9.17) is 39.5 Å². The Kier molecular flexibility index (Phi) is 5.79. The van der Waals surface area contributed by atoms with E-state index in [9.17, 15) is 4.79 Å². The third kappa shape index (κ3) is 4.31. The first-order chi connectivity index (χ1) is 10.8. The van der Waals surface area contributed by atoms with Gasteiger partial charge in [0.05, 0.1) is 20.8 Å². The summed E-state index contributed by atoms with van der Waals surface area (Å²) in [6.45, 7) is 5.54. The second kappa shape index (κ2) is 7.43. The molecule has 122 valence electrons. The van der Waals surface area contributed by atoms with E-state index in [-0.39, 0.29) is 5.91 Å². The van der Waals surface area contributed by atoms with Gasteiger partial charge in [0.25, 0.3) is 5.91 Å². The molecule has 0 spiro atoms. The van der Waals surface area contributed by atoms with Crippen LogP contribution >= 0.6 is 34.8 Å². The molecule has 0 heterocycles. The topological polar surface area (TPSA) is 38.3 Å². The molecule has 0 aliphatic carbocycles. The van der Waals surface area contributed by atoms with Crippen LogP contribution in [-0.4, -0.2) is 12.0 Å². The van der Waals surface area contributed by atoms with Gasteiger partial charge in [-0.05, 0) is 44.0 Å². The smallest absolute Gasteiger partial charge is 0.265 e. The van der Waals surface area contributed by atoms with E-state index in [1.807, 2.05) is 32.0 Å². The molecule has 0 fully saturated rings. The van der Waals surface area contributed by atoms with Crippen LogP contribution < -0.4 is 10.1 Å². The predicted octanol–water partition coefficient (Wildman–Crippen LogP) is 5.67. The number of ether oxygens (including phenoxy) is 1. The lowest BCUT2D eigenvalue weighted by atomic mass is 10.1. The second-order valence-corrected chi connectivity index (χ2v) is 6.44. The highest BCUT2D eigenvalue weighted by atomic mass is 35.5. The average Bonchev–Trinajstić information content (AvgIpc) is 2.48. The van der Waals surface area contributed by atoms with Crippen LogP contribution in [0.5, 0.6) is 5.75 Å². The summed E-state index contributed by atoms with van der Waals surface area (Å²) in [6.07, 6.45) is -0.694. The Morgan fingerprint density at radius 3 is 2.22 bits per heavy atom. The van der Waals surface area contributed by atoms with E-state index in [2.05, 4.69) is 5.32 Å². The van der Waals surface area contributed by atoms with Gasteiger partial charge >= 0.3 is 0 Å². The minimum atomic E-state index is -0.694. The van der Waals surface area contributed by atoms with E-state index in [0.717, 1.165) is 11.1 Å². The summed E-state index contributed by atoms with van der Waals surface area (Å²) < 4.78 is 5.79. The molecule has 2 aromatic carbocycles. The van der Waals surface area contributed by atoms with Crippen molar-refractivity contribution in [1.29, 1.82) is 0 Å². The van der Waals surface area contributed by atoms with Gasteiger partial charge in [-0.2, -0.15) is 0 Å². The molecule has 1 N–H and O–H groups in total. The first kappa shape index (κ1) is 17.9. The quantitative estimate of drug-likeness (QED) is 0.702. The highest BCUT2D eigenvalue weighted by Crippen LogP contribution is 2.32. The molecule has 1 atom stereocenters. The Balaban J connectivity index is 2.13. The van der Waals surface area contributed by atoms with Crippen LogP contribution in [0.2, 0.25) is 15.1 Å². The first-order valence-corrected chi connectivity index (χ1v) is 8.11. The van der Waals surface area contributed by atoms with Crippen LogP contribution in [-0.2, 0) is 4.79 Å². The van der Waals surface area contributed by atoms with E-state index in [1.54, 1.807) is 6.92 Å². The van der Waals surface area contributed by atoms with Crippen molar-refractivity contribution in [3.8, 4) is 5.75 Å². The number of carbonyl (C=O) groups excluding carboxylic acids is 1. The molecule has 1 amide bonds. The molecule has 0 radical (unpaired) electrons. The number of halogens is 3. The number of para-hydroxylation sites is 1. The lowest BCUT2D eigenvalue weighted by Gasteiger charge is -2.18. The van der Waals surface area contributed by atoms with Crippen LogP contribution in [0.1, 0.15) is 18.1 Å². The molecule has 0 saturated carbocycles. The molecular weight excluding hydrogens is 357 g/mol. The molecule has 0 bridgehead atoms. The van der Waals surface area contributed by atoms with Crippen molar-refractivity contribution in [3.63, 3.8) is 0 Å². The molecule has 0 aliphatic heterocycles. The van der Waals surface area contributed by atoms with Gasteiger partial charge in [-0.25, -0.2) is 0 Å². The average molecular weight is 373 g/mol. The van der Waals surface area contributed by atoms with Crippen molar-refractivity contribution < 1.29 is 9.53 Å². The summed E-state index contributed by atoms with van der Waals surface area (Å²) in [5, 5.41) is 3.65. The Labute approximate surface area is 150 Å². The van der Waals surface area contributed by atoms with Gasteiger partial charge in [0.1, 0.15) is 5.75 Å². The zero-order valence-electron chi connectivity index (χ0n) is 12.9. The van der Waals surface area contributed by atoms with Gasteiger partial charge < -0.3 is 10.1 Å². The van der Waals surface area contributed by atoms with Crippen LogP contribution in [0.4, 0.5) is 5.69 Å². The largest absolute Gasteiger partial charge is 0.480 e. The van der Waals surface area contributed by atoms with Gasteiger partial charge in [0, 0.05) is 0 Å². The van der Waals surface area contributed by atoms with Crippen molar-refractivity contribution in [3.05, 3.63) is 56.5 Å². The van der Waals surface area contributed by atoms with Crippen LogP contribution in [0, 0.1) is 13.8 Å². The zero-order valence-corrected chi connectivity index (χ0v) is 15.2. The highest BCUT2D eigenvalue weighted by Gasteiger charge is 2.18. The molecule has 6 heteroatoms. The van der Waals surface area contributed by atoms with Gasteiger partial charge in [0.2, 0.25) is 0 Å². The number of carbonyl (C=O) groups is 1. The number of anilines is 1. The number of amides is 1. The Bertz CT molecular complexity index is 727. The monoisotopic (exact) mass is 371 g/mol. The van der Waals surface area contributed by atoms with Crippen LogP contribution in [0.15, 0.2) is 30.3 Å². The predicted molar refractivity (Wildman–Crippen MR) is 96.1 cm³/mol. The molecular formula is C17H16Cl3NO2. The van der Waals surface area contributed by atoms with Gasteiger partial charge in [0.15, 0.2) is 6.10 Å². The Morgan fingerprint density at radius 2 is 1.61 bits per heavy atom. The van der Waals surface area contributed by atoms with Crippen molar-refractivity contribution in [2.24, 2.45) is 0 Å². The molecule has 3 nitrogen and oxygen atoms in total. The Morgan fingerprint density at radius 1 is 1.04 bits per heavy atom. The summed E-state index contributed by atoms with van der Waals surface area (Å²) in [5.74, 6) is 0.378. The first-order valence-electron chi connectivity index (χ1n) is 6.98. The minimum absolute atomic E-state index is 0.312. The van der Waals surface area contributed by atoms with E-state index in [1.165, 1.54) is 12.1 Å². The molecule has 2 rings (SSSR count). The van der Waals surface area contributed by atoms with E-state index >= 15 is 0 Å². The number of benzene rings is 2. The van der Waals surface area contributed by atoms with Gasteiger partial charge in [-0.3, -0.25) is 4.79 Å². The summed E-state index contributed by atoms with van der Waals surface area (Å²) >= 11 is 17.9. The summed E-state index contributed by atoms with van der Waals surface area (Å²) in [4.78, 5) is 12.3. The second-order valence-electron chi connectivity index (χ2n) is 5.22. The van der Waals surface area contributed by atoms with Crippen molar-refractivity contribution in [2.45, 2.75) is 26.9 Å². The maximum atomic E-state index is 12.3. The van der Waals surface area contributed by atoms with Gasteiger partial charge in [-0.15, -0.1) is 0 Å². The minimum Gasteiger partial charge on any atom is -0.480 e. The maximum absolute atomic E-state index is 12.3. The standard InChI is InChI=1S/C17H16Cl3NO2/c1-9-5-4-6-10(2)16(9)23-11(3)17(22)21-15-8-13(19)12(18)7-14(15)20/h4-8,11H,1-3H3,(H,21,22). The number of hydrogen-bond acceptors (Lipinski definition) is 2. The third-order valence-electron chi connectivity index (χ3n) is 3.34. The van der Waals surface area contributed by atoms with Crippen LogP contribution in [0.3, 0.4) is 0 Å². The fourth-order valence-corrected chi connectivity index (χ4v) is 2.66. The number of hydrogen-bond donors (Lipinski definition) is 1. The maximum Gasteiger partial charge on any atom is 0.265 e. The SMILES string of the molecule is Cc1cccc(C)c1OC(C)C(=O)Nc1cc(Cl)c(Cl)cc1Cl. The summed E-state index contributed by atoms with van der Waals surface area (Å²) in [6, 6.07) is 8.80. The van der Waals surface area contributed by atoms with Crippen molar-refractivity contribution in [2.75, 3.05) is 5.32 Å². The molecule has 1 unspecified atom stereocenters. The number of rotatable bonds is 4. The third-order valence-corrected chi connectivity index (χ3v) is 4.38. The van der Waals surface area contributed by atoms with Gasteiger partial charge in [-0.1, -0.05) is 53.0 Å². The van der Waals surface area contributed by atoms with Crippen molar-refractivity contribution >= 4 is 46.4 Å². The molecule has 0 aromatic heterocycles. The molecule has 2 aromatic rings. The number of aryl methyl sites for hydroxylation is 2. The fourth-order valence-electron chi connectivity index (χ4n) is 2.07. The van der Waals surface area contributed by atoms with E-state index in [0.29, 0.717) is 26.5 Å². The lowest BCUT2D eigenvalue weighted by molar-refractivity contribution is -0.122.